The van der Waals surface area contributed by atoms with E-state index < -0.39 is 40.9 Å². The summed E-state index contributed by atoms with van der Waals surface area (Å²) < 4.78 is 63.1. The van der Waals surface area contributed by atoms with Gasteiger partial charge in [-0.2, -0.15) is 0 Å². The first-order valence-electron chi connectivity index (χ1n) is 16.9. The van der Waals surface area contributed by atoms with Crippen molar-refractivity contribution in [2.45, 2.75) is 104 Å². The molecule has 3 aromatic carbocycles. The van der Waals surface area contributed by atoms with E-state index in [0.29, 0.717) is 47.2 Å². The summed E-state index contributed by atoms with van der Waals surface area (Å²) in [6.07, 6.45) is 2.10. The van der Waals surface area contributed by atoms with Crippen LogP contribution in [0.15, 0.2) is 66.9 Å². The van der Waals surface area contributed by atoms with Gasteiger partial charge in [-0.05, 0) is 105 Å². The Morgan fingerprint density at radius 2 is 1.54 bits per heavy atom. The summed E-state index contributed by atoms with van der Waals surface area (Å²) in [6, 6.07) is 14.8. The number of carbonyl (C=O) groups is 2. The van der Waals surface area contributed by atoms with Crippen molar-refractivity contribution in [3.8, 4) is 33.4 Å². The highest BCUT2D eigenvalue weighted by atomic mass is 19.1. The number of hydrogen-bond acceptors (Lipinski definition) is 5. The quantitative estimate of drug-likeness (QED) is 0.168. The molecule has 7 nitrogen and oxygen atoms in total. The average Bonchev–Trinajstić information content (AvgIpc) is 3.43. The molecule has 5 rings (SSSR count). The van der Waals surface area contributed by atoms with Crippen LogP contribution in [0.3, 0.4) is 0 Å². The van der Waals surface area contributed by atoms with Crippen molar-refractivity contribution in [3.05, 3.63) is 95.6 Å². The van der Waals surface area contributed by atoms with Crippen molar-refractivity contribution in [1.82, 2.24) is 4.57 Å². The Hall–Kier alpha value is -4.41. The summed E-state index contributed by atoms with van der Waals surface area (Å²) in [6.45, 7) is 13.4. The van der Waals surface area contributed by atoms with Crippen molar-refractivity contribution in [2.24, 2.45) is 5.73 Å². The molecule has 1 aliphatic heterocycles. The Bertz CT molecular complexity index is 1870. The smallest absolute Gasteiger partial charge is 0.308 e. The normalized spacial score (nSPS) is 17.6. The van der Waals surface area contributed by atoms with Gasteiger partial charge in [-0.1, -0.05) is 38.1 Å². The maximum Gasteiger partial charge on any atom is 0.308 e. The van der Waals surface area contributed by atoms with Crippen molar-refractivity contribution in [1.29, 1.82) is 0 Å². The average molecular weight is 691 g/mol. The summed E-state index contributed by atoms with van der Waals surface area (Å²) >= 11 is 0. The van der Waals surface area contributed by atoms with Crippen molar-refractivity contribution >= 4 is 11.9 Å². The molecule has 4 aromatic rings. The van der Waals surface area contributed by atoms with Crippen LogP contribution in [0.2, 0.25) is 0 Å². The molecule has 0 aliphatic carbocycles. The van der Waals surface area contributed by atoms with Gasteiger partial charge in [-0.25, -0.2) is 13.2 Å². The molecular weight excluding hydrogens is 645 g/mol. The van der Waals surface area contributed by atoms with Crippen molar-refractivity contribution in [3.63, 3.8) is 0 Å². The molecule has 0 saturated carbocycles. The van der Waals surface area contributed by atoms with Gasteiger partial charge in [0.15, 0.2) is 5.79 Å². The molecule has 2 atom stereocenters. The van der Waals surface area contributed by atoms with Crippen LogP contribution in [0.4, 0.5) is 13.2 Å². The fourth-order valence-corrected chi connectivity index (χ4v) is 6.50. The van der Waals surface area contributed by atoms with E-state index in [1.807, 2.05) is 52.9 Å². The molecule has 1 aliphatic rings. The number of nitrogens with zero attached hydrogens (tertiary/aromatic N) is 1. The van der Waals surface area contributed by atoms with Gasteiger partial charge in [0.1, 0.15) is 28.7 Å². The van der Waals surface area contributed by atoms with Gasteiger partial charge in [-0.3, -0.25) is 9.59 Å². The number of rotatable bonds is 10. The van der Waals surface area contributed by atoms with Gasteiger partial charge in [0.05, 0.1) is 18.6 Å². The zero-order chi connectivity index (χ0) is 36.5. The predicted octanol–water partition coefficient (Wildman–Crippen LogP) is 9.16. The highest BCUT2D eigenvalue weighted by molar-refractivity contribution is 5.98. The third kappa shape index (κ3) is 8.84. The number of aryl methyl sites for hydroxylation is 1. The number of amides is 1. The molecule has 2 N–H and O–H groups in total. The standard InChI is InChI=1S/C40H45F3N2O5/c1-23(2)25-16-32(37(24-8-10-27(41)11-9-24)33(17-25)31-13-12-28(42)19-34(31)43)26-18-35(38(44)47)45(22-26)15-14-29-20-30(49-40(6,7)48-29)21-36(46)50-39(3,4)5/h8-13,16-19,22-23,29-30H,14-15,20-21H2,1-7H3,(H2,44,47). The monoisotopic (exact) mass is 690 g/mol. The number of ether oxygens (including phenoxy) is 3. The second kappa shape index (κ2) is 14.4. The number of aromatic nitrogens is 1. The van der Waals surface area contributed by atoms with E-state index in [9.17, 15) is 18.4 Å². The maximum atomic E-state index is 15.4. The van der Waals surface area contributed by atoms with Crippen LogP contribution >= 0.6 is 0 Å². The lowest BCUT2D eigenvalue weighted by atomic mass is 9.84. The number of carbonyl (C=O) groups excluding carboxylic acids is 2. The number of benzene rings is 3. The van der Waals surface area contributed by atoms with Gasteiger partial charge in [0, 0.05) is 36.4 Å². The summed E-state index contributed by atoms with van der Waals surface area (Å²) in [5.74, 6) is -3.79. The Kier molecular flexibility index (Phi) is 10.6. The molecule has 0 spiro atoms. The zero-order valence-corrected chi connectivity index (χ0v) is 29.6. The molecule has 1 aromatic heterocycles. The number of primary amides is 1. The second-order valence-electron chi connectivity index (χ2n) is 14.6. The first-order chi connectivity index (χ1) is 23.4. The van der Waals surface area contributed by atoms with Gasteiger partial charge < -0.3 is 24.5 Å². The Labute approximate surface area is 291 Å². The Balaban J connectivity index is 1.55. The zero-order valence-electron chi connectivity index (χ0n) is 29.6. The summed E-state index contributed by atoms with van der Waals surface area (Å²) in [5.41, 5.74) is 9.61. The maximum absolute atomic E-state index is 15.4. The fraction of sp³-hybridized carbons (Fsp3) is 0.400. The Morgan fingerprint density at radius 3 is 2.16 bits per heavy atom. The van der Waals surface area contributed by atoms with Crippen LogP contribution in [-0.4, -0.2) is 40.0 Å². The van der Waals surface area contributed by atoms with Gasteiger partial charge in [0.25, 0.3) is 5.91 Å². The van der Waals surface area contributed by atoms with Crippen LogP contribution in [0.1, 0.15) is 89.7 Å². The van der Waals surface area contributed by atoms with E-state index in [0.717, 1.165) is 11.6 Å². The number of esters is 1. The third-order valence-corrected chi connectivity index (χ3v) is 8.57. The molecule has 2 unspecified atom stereocenters. The minimum atomic E-state index is -0.947. The summed E-state index contributed by atoms with van der Waals surface area (Å²) in [5, 5.41) is 0. The number of halogens is 3. The van der Waals surface area contributed by atoms with Crippen molar-refractivity contribution < 1.29 is 37.0 Å². The van der Waals surface area contributed by atoms with Crippen LogP contribution in [0.25, 0.3) is 33.4 Å². The van der Waals surface area contributed by atoms with E-state index in [4.69, 9.17) is 19.9 Å². The lowest BCUT2D eigenvalue weighted by Gasteiger charge is -2.41. The molecule has 50 heavy (non-hydrogen) atoms. The molecular formula is C40H45F3N2O5. The molecule has 266 valence electrons. The van der Waals surface area contributed by atoms with Gasteiger partial charge in [0.2, 0.25) is 0 Å². The summed E-state index contributed by atoms with van der Waals surface area (Å²) in [7, 11) is 0. The molecule has 0 bridgehead atoms. The fourth-order valence-electron chi connectivity index (χ4n) is 6.50. The lowest BCUT2D eigenvalue weighted by Crippen LogP contribution is -2.46. The minimum absolute atomic E-state index is 0.0265. The van der Waals surface area contributed by atoms with Crippen LogP contribution < -0.4 is 5.73 Å². The van der Waals surface area contributed by atoms with Crippen LogP contribution in [0, 0.1) is 17.5 Å². The lowest BCUT2D eigenvalue weighted by molar-refractivity contribution is -0.301. The largest absolute Gasteiger partial charge is 0.460 e. The molecule has 1 fully saturated rings. The minimum Gasteiger partial charge on any atom is -0.460 e. The van der Waals surface area contributed by atoms with Crippen LogP contribution in [-0.2, 0) is 25.5 Å². The first kappa shape index (κ1) is 36.9. The van der Waals surface area contributed by atoms with Gasteiger partial charge in [-0.15, -0.1) is 0 Å². The number of nitrogens with two attached hydrogens (primary N) is 1. The molecule has 1 saturated heterocycles. The highest BCUT2D eigenvalue weighted by Gasteiger charge is 2.37. The van der Waals surface area contributed by atoms with E-state index >= 15 is 4.39 Å². The molecule has 2 heterocycles. The van der Waals surface area contributed by atoms with E-state index in [-0.39, 0.29) is 35.7 Å². The molecule has 0 radical (unpaired) electrons. The van der Waals surface area contributed by atoms with Crippen molar-refractivity contribution in [2.75, 3.05) is 0 Å². The van der Waals surface area contributed by atoms with Crippen LogP contribution in [0.5, 0.6) is 0 Å². The van der Waals surface area contributed by atoms with E-state index in [1.165, 1.54) is 24.3 Å². The number of hydrogen-bond donors (Lipinski definition) is 1. The third-order valence-electron chi connectivity index (χ3n) is 8.57. The second-order valence-corrected chi connectivity index (χ2v) is 14.6. The topological polar surface area (TPSA) is 92.8 Å². The van der Waals surface area contributed by atoms with E-state index in [2.05, 4.69) is 0 Å². The van der Waals surface area contributed by atoms with E-state index in [1.54, 1.807) is 36.6 Å². The van der Waals surface area contributed by atoms with Gasteiger partial charge >= 0.3 is 5.97 Å². The molecule has 1 amide bonds. The summed E-state index contributed by atoms with van der Waals surface area (Å²) in [4.78, 5) is 25.4. The SMILES string of the molecule is CC(C)c1cc(-c2cc(C(N)=O)n(CCC3CC(CC(=O)OC(C)(C)C)OC(C)(C)O3)c2)c(-c2ccc(F)cc2)c(-c2ccc(F)cc2F)c1. The molecule has 10 heteroatoms. The highest BCUT2D eigenvalue weighted by Crippen LogP contribution is 2.44. The predicted molar refractivity (Wildman–Crippen MR) is 187 cm³/mol. The Morgan fingerprint density at radius 1 is 0.900 bits per heavy atom. The first-order valence-corrected chi connectivity index (χ1v) is 16.9.